The van der Waals surface area contributed by atoms with Gasteiger partial charge in [0, 0.05) is 5.54 Å². The molecule has 0 fully saturated rings. The van der Waals surface area contributed by atoms with Gasteiger partial charge in [-0.2, -0.15) is 0 Å². The molecule has 1 unspecified atom stereocenters. The molecule has 2 N–H and O–H groups in total. The minimum atomic E-state index is -0.0661. The maximum atomic E-state index is 9.20. The van der Waals surface area contributed by atoms with Gasteiger partial charge >= 0.3 is 0 Å². The summed E-state index contributed by atoms with van der Waals surface area (Å²) in [6.07, 6.45) is 8.96. The molecule has 1 atom stereocenters. The van der Waals surface area contributed by atoms with Crippen LogP contribution in [0.25, 0.3) is 0 Å². The van der Waals surface area contributed by atoms with Gasteiger partial charge in [0.05, 0.1) is 6.61 Å². The van der Waals surface area contributed by atoms with Gasteiger partial charge in [0.1, 0.15) is 0 Å². The second kappa shape index (κ2) is 9.17. The molecular formula is C13H29NO. The van der Waals surface area contributed by atoms with Crippen LogP contribution in [-0.4, -0.2) is 23.8 Å². The number of hydrogen-bond acceptors (Lipinski definition) is 2. The molecule has 0 aromatic rings. The van der Waals surface area contributed by atoms with Crippen molar-refractivity contribution < 1.29 is 5.11 Å². The van der Waals surface area contributed by atoms with Gasteiger partial charge in [-0.25, -0.2) is 0 Å². The normalized spacial score (nSPS) is 15.2. The zero-order chi connectivity index (χ0) is 11.6. The van der Waals surface area contributed by atoms with Crippen molar-refractivity contribution >= 4 is 0 Å². The highest BCUT2D eigenvalue weighted by atomic mass is 16.3. The maximum absolute atomic E-state index is 9.20. The lowest BCUT2D eigenvalue weighted by atomic mass is 10.00. The summed E-state index contributed by atoms with van der Waals surface area (Å²) in [5.41, 5.74) is -0.0661. The van der Waals surface area contributed by atoms with Gasteiger partial charge < -0.3 is 10.4 Å². The second-order valence-electron chi connectivity index (χ2n) is 4.77. The van der Waals surface area contributed by atoms with Gasteiger partial charge in [-0.05, 0) is 26.3 Å². The van der Waals surface area contributed by atoms with Crippen LogP contribution in [0.5, 0.6) is 0 Å². The summed E-state index contributed by atoms with van der Waals surface area (Å²) in [6.45, 7) is 7.72. The highest BCUT2D eigenvalue weighted by Crippen LogP contribution is 2.09. The number of aliphatic hydroxyl groups excluding tert-OH is 1. The lowest BCUT2D eigenvalue weighted by Gasteiger charge is -2.27. The van der Waals surface area contributed by atoms with E-state index in [1.54, 1.807) is 0 Å². The second-order valence-corrected chi connectivity index (χ2v) is 4.77. The molecule has 0 aromatic heterocycles. The fourth-order valence-electron chi connectivity index (χ4n) is 1.59. The van der Waals surface area contributed by atoms with Crippen LogP contribution >= 0.6 is 0 Å². The van der Waals surface area contributed by atoms with E-state index in [0.717, 1.165) is 13.0 Å². The monoisotopic (exact) mass is 215 g/mol. The van der Waals surface area contributed by atoms with Crippen molar-refractivity contribution in [1.82, 2.24) is 5.32 Å². The number of rotatable bonds is 10. The van der Waals surface area contributed by atoms with E-state index < -0.39 is 0 Å². The minimum Gasteiger partial charge on any atom is -0.394 e. The zero-order valence-electron chi connectivity index (χ0n) is 10.8. The molecule has 0 radical (unpaired) electrons. The highest BCUT2D eigenvalue weighted by molar-refractivity contribution is 4.79. The molecule has 0 heterocycles. The Bertz CT molecular complexity index is 132. The van der Waals surface area contributed by atoms with Crippen LogP contribution in [0.3, 0.4) is 0 Å². The van der Waals surface area contributed by atoms with E-state index in [0.29, 0.717) is 0 Å². The first-order valence-corrected chi connectivity index (χ1v) is 6.54. The van der Waals surface area contributed by atoms with Crippen LogP contribution in [-0.2, 0) is 0 Å². The van der Waals surface area contributed by atoms with Gasteiger partial charge in [-0.15, -0.1) is 0 Å². The van der Waals surface area contributed by atoms with E-state index in [-0.39, 0.29) is 12.1 Å². The summed E-state index contributed by atoms with van der Waals surface area (Å²) in [5, 5.41) is 12.6. The Labute approximate surface area is 95.5 Å². The van der Waals surface area contributed by atoms with Crippen molar-refractivity contribution in [3.8, 4) is 0 Å². The van der Waals surface area contributed by atoms with E-state index in [9.17, 15) is 5.11 Å². The van der Waals surface area contributed by atoms with E-state index in [4.69, 9.17) is 0 Å². The molecule has 0 bridgehead atoms. The number of hydrogen-bond donors (Lipinski definition) is 2. The predicted molar refractivity (Wildman–Crippen MR) is 67.2 cm³/mol. The molecule has 15 heavy (non-hydrogen) atoms. The SMILES string of the molecule is CCCCCCCCNC(C)(CC)CO. The van der Waals surface area contributed by atoms with Crippen molar-refractivity contribution in [1.29, 1.82) is 0 Å². The number of unbranched alkanes of at least 4 members (excludes halogenated alkanes) is 5. The Balaban J connectivity index is 3.29. The van der Waals surface area contributed by atoms with Crippen molar-refractivity contribution in [2.45, 2.75) is 71.3 Å². The smallest absolute Gasteiger partial charge is 0.0610 e. The van der Waals surface area contributed by atoms with Crippen LogP contribution in [0.15, 0.2) is 0 Å². The molecule has 0 spiro atoms. The molecule has 0 aliphatic rings. The Kier molecular flexibility index (Phi) is 9.12. The van der Waals surface area contributed by atoms with E-state index in [1.165, 1.54) is 38.5 Å². The van der Waals surface area contributed by atoms with Gasteiger partial charge in [0.2, 0.25) is 0 Å². The predicted octanol–water partition coefficient (Wildman–Crippen LogP) is 3.10. The summed E-state index contributed by atoms with van der Waals surface area (Å²) < 4.78 is 0. The summed E-state index contributed by atoms with van der Waals surface area (Å²) in [7, 11) is 0. The molecule has 0 saturated heterocycles. The van der Waals surface area contributed by atoms with Gasteiger partial charge in [0.15, 0.2) is 0 Å². The third-order valence-electron chi connectivity index (χ3n) is 3.21. The zero-order valence-corrected chi connectivity index (χ0v) is 10.8. The van der Waals surface area contributed by atoms with Crippen molar-refractivity contribution in [2.24, 2.45) is 0 Å². The fraction of sp³-hybridized carbons (Fsp3) is 1.00. The fourth-order valence-corrected chi connectivity index (χ4v) is 1.59. The summed E-state index contributed by atoms with van der Waals surface area (Å²) in [6, 6.07) is 0. The average molecular weight is 215 g/mol. The van der Waals surface area contributed by atoms with Crippen LogP contribution in [0, 0.1) is 0 Å². The first-order valence-electron chi connectivity index (χ1n) is 6.54. The first kappa shape index (κ1) is 14.9. The Hall–Kier alpha value is -0.0800. The van der Waals surface area contributed by atoms with Crippen LogP contribution in [0.1, 0.15) is 65.7 Å². The average Bonchev–Trinajstić information content (AvgIpc) is 2.27. The van der Waals surface area contributed by atoms with E-state index in [2.05, 4.69) is 26.1 Å². The molecule has 0 aromatic carbocycles. The molecular weight excluding hydrogens is 186 g/mol. The van der Waals surface area contributed by atoms with Crippen molar-refractivity contribution in [3.63, 3.8) is 0 Å². The first-order chi connectivity index (χ1) is 7.18. The standard InChI is InChI=1S/C13H29NO/c1-4-6-7-8-9-10-11-14-13(3,5-2)12-15/h14-15H,4-12H2,1-3H3. The summed E-state index contributed by atoms with van der Waals surface area (Å²) >= 11 is 0. The van der Waals surface area contributed by atoms with Gasteiger partial charge in [0.25, 0.3) is 0 Å². The van der Waals surface area contributed by atoms with E-state index in [1.807, 2.05) is 0 Å². The van der Waals surface area contributed by atoms with Crippen LogP contribution in [0.4, 0.5) is 0 Å². The quantitative estimate of drug-likeness (QED) is 0.549. The summed E-state index contributed by atoms with van der Waals surface area (Å²) in [4.78, 5) is 0. The Morgan fingerprint density at radius 2 is 1.60 bits per heavy atom. The van der Waals surface area contributed by atoms with E-state index >= 15 is 0 Å². The highest BCUT2D eigenvalue weighted by Gasteiger charge is 2.18. The van der Waals surface area contributed by atoms with Gasteiger partial charge in [-0.1, -0.05) is 46.0 Å². The largest absolute Gasteiger partial charge is 0.394 e. The Morgan fingerprint density at radius 3 is 2.13 bits per heavy atom. The number of aliphatic hydroxyl groups is 1. The molecule has 2 nitrogen and oxygen atoms in total. The molecule has 92 valence electrons. The molecule has 0 aliphatic heterocycles. The topological polar surface area (TPSA) is 32.3 Å². The third kappa shape index (κ3) is 7.80. The van der Waals surface area contributed by atoms with Crippen molar-refractivity contribution in [3.05, 3.63) is 0 Å². The number of nitrogens with one attached hydrogen (secondary N) is 1. The minimum absolute atomic E-state index is 0.0661. The Morgan fingerprint density at radius 1 is 1.00 bits per heavy atom. The molecule has 0 saturated carbocycles. The molecule has 0 amide bonds. The lowest BCUT2D eigenvalue weighted by molar-refractivity contribution is 0.170. The molecule has 0 rings (SSSR count). The van der Waals surface area contributed by atoms with Crippen LogP contribution < -0.4 is 5.32 Å². The molecule has 2 heteroatoms. The molecule has 0 aliphatic carbocycles. The summed E-state index contributed by atoms with van der Waals surface area (Å²) in [5.74, 6) is 0. The third-order valence-corrected chi connectivity index (χ3v) is 3.21. The van der Waals surface area contributed by atoms with Gasteiger partial charge in [-0.3, -0.25) is 0 Å². The maximum Gasteiger partial charge on any atom is 0.0610 e. The van der Waals surface area contributed by atoms with Crippen molar-refractivity contribution in [2.75, 3.05) is 13.2 Å². The lowest BCUT2D eigenvalue weighted by Crippen LogP contribution is -2.45. The van der Waals surface area contributed by atoms with Crippen LogP contribution in [0.2, 0.25) is 0 Å².